The predicted octanol–water partition coefficient (Wildman–Crippen LogP) is 3.00. The van der Waals surface area contributed by atoms with E-state index < -0.39 is 0 Å². The lowest BCUT2D eigenvalue weighted by molar-refractivity contribution is -0.120. The first kappa shape index (κ1) is 17.6. The van der Waals surface area contributed by atoms with Crippen LogP contribution in [0.3, 0.4) is 0 Å². The van der Waals surface area contributed by atoms with Crippen molar-refractivity contribution in [1.82, 2.24) is 15.5 Å². The summed E-state index contributed by atoms with van der Waals surface area (Å²) in [4.78, 5) is 24.5. The lowest BCUT2D eigenvalue weighted by Crippen LogP contribution is -2.29. The van der Waals surface area contributed by atoms with Crippen molar-refractivity contribution in [2.24, 2.45) is 5.92 Å². The van der Waals surface area contributed by atoms with Crippen molar-refractivity contribution in [3.05, 3.63) is 27.4 Å². The number of hydrogen-bond donors (Lipinski definition) is 2. The number of carbonyl (C=O) groups excluding carboxylic acids is 2. The number of nitrogens with zero attached hydrogens (tertiary/aromatic N) is 2. The summed E-state index contributed by atoms with van der Waals surface area (Å²) in [7, 11) is 0. The summed E-state index contributed by atoms with van der Waals surface area (Å²) in [6, 6.07) is 3.48. The van der Waals surface area contributed by atoms with Crippen LogP contribution in [0.2, 0.25) is 0 Å². The second-order valence-corrected chi connectivity index (χ2v) is 7.66. The monoisotopic (exact) mass is 352 g/mol. The molecule has 0 bridgehead atoms. The molecule has 8 heteroatoms. The van der Waals surface area contributed by atoms with Crippen LogP contribution in [-0.2, 0) is 16.0 Å². The average molecular weight is 352 g/mol. The van der Waals surface area contributed by atoms with Gasteiger partial charge in [-0.2, -0.15) is 0 Å². The maximum absolute atomic E-state index is 12.2. The Morgan fingerprint density at radius 3 is 2.70 bits per heavy atom. The first-order valence-corrected chi connectivity index (χ1v) is 9.06. The Hall–Kier alpha value is -1.80. The highest BCUT2D eigenvalue weighted by Gasteiger charge is 2.19. The van der Waals surface area contributed by atoms with E-state index in [-0.39, 0.29) is 24.3 Å². The van der Waals surface area contributed by atoms with Crippen LogP contribution in [0.1, 0.15) is 43.1 Å². The first-order chi connectivity index (χ1) is 10.9. The fourth-order valence-corrected chi connectivity index (χ4v) is 3.80. The van der Waals surface area contributed by atoms with Crippen LogP contribution in [0.5, 0.6) is 0 Å². The second-order valence-electron chi connectivity index (χ2n) is 5.62. The summed E-state index contributed by atoms with van der Waals surface area (Å²) in [6.45, 7) is 5.67. The number of rotatable bonds is 7. The Balaban J connectivity index is 1.96. The number of anilines is 1. The van der Waals surface area contributed by atoms with E-state index in [1.54, 1.807) is 0 Å². The molecule has 2 amide bonds. The van der Waals surface area contributed by atoms with Gasteiger partial charge in [0.25, 0.3) is 0 Å². The third-order valence-electron chi connectivity index (χ3n) is 2.95. The number of carbonyl (C=O) groups is 2. The number of hydrogen-bond acceptors (Lipinski definition) is 6. The molecule has 124 valence electrons. The SMILES string of the molecule is CC(=O)NC(CC(=O)Nc1nnc(CC(C)C)s1)c1cccs1. The average Bonchev–Trinajstić information content (AvgIpc) is 3.08. The molecule has 0 aliphatic heterocycles. The van der Waals surface area contributed by atoms with Crippen LogP contribution >= 0.6 is 22.7 Å². The Morgan fingerprint density at radius 2 is 2.09 bits per heavy atom. The molecule has 2 heterocycles. The molecule has 0 aliphatic carbocycles. The number of nitrogens with one attached hydrogen (secondary N) is 2. The van der Waals surface area contributed by atoms with Gasteiger partial charge in [-0.25, -0.2) is 0 Å². The molecule has 23 heavy (non-hydrogen) atoms. The number of thiophene rings is 1. The second kappa shape index (κ2) is 8.16. The van der Waals surface area contributed by atoms with Crippen molar-refractivity contribution in [3.63, 3.8) is 0 Å². The van der Waals surface area contributed by atoms with Crippen LogP contribution in [0.15, 0.2) is 17.5 Å². The van der Waals surface area contributed by atoms with E-state index >= 15 is 0 Å². The molecule has 2 aromatic heterocycles. The van der Waals surface area contributed by atoms with E-state index in [9.17, 15) is 9.59 Å². The molecule has 0 saturated heterocycles. The van der Waals surface area contributed by atoms with Crippen molar-refractivity contribution >= 4 is 39.6 Å². The van der Waals surface area contributed by atoms with Gasteiger partial charge in [0.2, 0.25) is 16.9 Å². The van der Waals surface area contributed by atoms with E-state index in [2.05, 4.69) is 34.7 Å². The maximum Gasteiger partial charge on any atom is 0.228 e. The van der Waals surface area contributed by atoms with E-state index in [0.29, 0.717) is 11.0 Å². The van der Waals surface area contributed by atoms with Crippen molar-refractivity contribution in [2.75, 3.05) is 5.32 Å². The highest BCUT2D eigenvalue weighted by Crippen LogP contribution is 2.23. The molecule has 2 rings (SSSR count). The molecular weight excluding hydrogens is 332 g/mol. The van der Waals surface area contributed by atoms with Crippen molar-refractivity contribution in [3.8, 4) is 0 Å². The zero-order valence-corrected chi connectivity index (χ0v) is 15.0. The van der Waals surface area contributed by atoms with Crippen LogP contribution < -0.4 is 10.6 Å². The fourth-order valence-electron chi connectivity index (χ4n) is 2.05. The van der Waals surface area contributed by atoms with Crippen LogP contribution in [0, 0.1) is 5.92 Å². The molecule has 1 atom stereocenters. The summed E-state index contributed by atoms with van der Waals surface area (Å²) in [5.41, 5.74) is 0. The van der Waals surface area contributed by atoms with Crippen molar-refractivity contribution < 1.29 is 9.59 Å². The number of aromatic nitrogens is 2. The highest BCUT2D eigenvalue weighted by molar-refractivity contribution is 7.15. The van der Waals surface area contributed by atoms with Gasteiger partial charge in [0.1, 0.15) is 5.01 Å². The van der Waals surface area contributed by atoms with Crippen molar-refractivity contribution in [2.45, 2.75) is 39.7 Å². The summed E-state index contributed by atoms with van der Waals surface area (Å²) in [5.74, 6) is 0.144. The zero-order valence-electron chi connectivity index (χ0n) is 13.3. The third kappa shape index (κ3) is 5.72. The van der Waals surface area contributed by atoms with Gasteiger partial charge in [0.05, 0.1) is 12.5 Å². The smallest absolute Gasteiger partial charge is 0.228 e. The predicted molar refractivity (Wildman–Crippen MR) is 92.6 cm³/mol. The van der Waals surface area contributed by atoms with Crippen LogP contribution in [-0.4, -0.2) is 22.0 Å². The van der Waals surface area contributed by atoms with E-state index in [4.69, 9.17) is 0 Å². The minimum absolute atomic E-state index is 0.161. The minimum atomic E-state index is -0.324. The minimum Gasteiger partial charge on any atom is -0.348 e. The van der Waals surface area contributed by atoms with Gasteiger partial charge >= 0.3 is 0 Å². The lowest BCUT2D eigenvalue weighted by Gasteiger charge is -2.15. The fraction of sp³-hybridized carbons (Fsp3) is 0.467. The molecule has 0 aromatic carbocycles. The maximum atomic E-state index is 12.2. The van der Waals surface area contributed by atoms with E-state index in [0.717, 1.165) is 16.3 Å². The van der Waals surface area contributed by atoms with Gasteiger partial charge in [0, 0.05) is 18.2 Å². The first-order valence-electron chi connectivity index (χ1n) is 7.36. The largest absolute Gasteiger partial charge is 0.348 e. The Labute approximate surface area is 143 Å². The molecule has 2 N–H and O–H groups in total. The molecule has 2 aromatic rings. The Kier molecular flexibility index (Phi) is 6.23. The topological polar surface area (TPSA) is 84.0 Å². The Bertz CT molecular complexity index is 652. The molecule has 6 nitrogen and oxygen atoms in total. The highest BCUT2D eigenvalue weighted by atomic mass is 32.1. The lowest BCUT2D eigenvalue weighted by atomic mass is 10.1. The summed E-state index contributed by atoms with van der Waals surface area (Å²) < 4.78 is 0. The molecule has 0 fully saturated rings. The molecule has 0 radical (unpaired) electrons. The molecule has 0 spiro atoms. The molecule has 0 saturated carbocycles. The number of amides is 2. The van der Waals surface area contributed by atoms with E-state index in [1.165, 1.54) is 29.6 Å². The quantitative estimate of drug-likeness (QED) is 0.802. The standard InChI is InChI=1S/C15H20N4O2S2/c1-9(2)7-14-18-19-15(23-14)17-13(21)8-11(16-10(3)20)12-5-4-6-22-12/h4-6,9,11H,7-8H2,1-3H3,(H,16,20)(H,17,19,21). The van der Waals surface area contributed by atoms with Crippen LogP contribution in [0.4, 0.5) is 5.13 Å². The zero-order chi connectivity index (χ0) is 16.8. The van der Waals surface area contributed by atoms with Gasteiger partial charge in [0.15, 0.2) is 0 Å². The third-order valence-corrected chi connectivity index (χ3v) is 4.80. The van der Waals surface area contributed by atoms with Crippen LogP contribution in [0.25, 0.3) is 0 Å². The molecule has 0 aliphatic rings. The normalized spacial score (nSPS) is 12.2. The summed E-state index contributed by atoms with van der Waals surface area (Å²) >= 11 is 2.90. The Morgan fingerprint density at radius 1 is 1.30 bits per heavy atom. The van der Waals surface area contributed by atoms with Gasteiger partial charge in [-0.05, 0) is 17.4 Å². The van der Waals surface area contributed by atoms with Gasteiger partial charge in [-0.1, -0.05) is 31.3 Å². The van der Waals surface area contributed by atoms with Crippen molar-refractivity contribution in [1.29, 1.82) is 0 Å². The molecular formula is C15H20N4O2S2. The van der Waals surface area contributed by atoms with Gasteiger partial charge in [-0.15, -0.1) is 21.5 Å². The summed E-state index contributed by atoms with van der Waals surface area (Å²) in [5, 5.41) is 17.0. The van der Waals surface area contributed by atoms with E-state index in [1.807, 2.05) is 17.5 Å². The summed E-state index contributed by atoms with van der Waals surface area (Å²) in [6.07, 6.45) is 1.01. The van der Waals surface area contributed by atoms with Gasteiger partial charge < -0.3 is 10.6 Å². The van der Waals surface area contributed by atoms with Gasteiger partial charge in [-0.3, -0.25) is 9.59 Å². The molecule has 1 unspecified atom stereocenters.